The maximum atomic E-state index is 12.6. The quantitative estimate of drug-likeness (QED) is 0.797. The van der Waals surface area contributed by atoms with Gasteiger partial charge in [0.1, 0.15) is 6.04 Å². The fourth-order valence-electron chi connectivity index (χ4n) is 2.41. The van der Waals surface area contributed by atoms with Crippen LogP contribution in [0.5, 0.6) is 0 Å². The molecule has 3 N–H and O–H groups in total. The Morgan fingerprint density at radius 3 is 2.57 bits per heavy atom. The second-order valence-electron chi connectivity index (χ2n) is 5.43. The summed E-state index contributed by atoms with van der Waals surface area (Å²) in [5.74, 6) is -0.201. The third kappa shape index (κ3) is 5.22. The number of nitrogens with one attached hydrogen (secondary N) is 1. The normalized spacial score (nSPS) is 17.3. The van der Waals surface area contributed by atoms with Crippen molar-refractivity contribution in [2.24, 2.45) is 5.73 Å². The lowest BCUT2D eigenvalue weighted by atomic mass is 10.1. The fourth-order valence-corrected chi connectivity index (χ4v) is 2.41. The summed E-state index contributed by atoms with van der Waals surface area (Å²) in [6.07, 6.45) is -0.502. The molecule has 1 aliphatic heterocycles. The molecule has 7 nitrogen and oxygen atoms in total. The Bertz CT molecular complexity index is 517. The Balaban J connectivity index is 1.98. The molecule has 0 saturated carbocycles. The SMILES string of the molecule is CC(OCc1ccccc1)C(NC(N)=O)C(=O)N1CCOCC1. The van der Waals surface area contributed by atoms with Crippen molar-refractivity contribution in [3.63, 3.8) is 0 Å². The minimum atomic E-state index is -0.811. The molecule has 1 fully saturated rings. The third-order valence-corrected chi connectivity index (χ3v) is 3.71. The van der Waals surface area contributed by atoms with Crippen LogP contribution in [0.15, 0.2) is 30.3 Å². The van der Waals surface area contributed by atoms with E-state index in [-0.39, 0.29) is 5.91 Å². The maximum Gasteiger partial charge on any atom is 0.312 e. The molecule has 2 rings (SSSR count). The van der Waals surface area contributed by atoms with Crippen LogP contribution in [-0.2, 0) is 20.9 Å². The van der Waals surface area contributed by atoms with Gasteiger partial charge in [0.05, 0.1) is 25.9 Å². The molecule has 0 radical (unpaired) electrons. The number of ether oxygens (including phenoxy) is 2. The smallest absolute Gasteiger partial charge is 0.312 e. The number of primary amides is 1. The van der Waals surface area contributed by atoms with E-state index in [9.17, 15) is 9.59 Å². The van der Waals surface area contributed by atoms with Gasteiger partial charge in [0.25, 0.3) is 0 Å². The monoisotopic (exact) mass is 321 g/mol. The summed E-state index contributed by atoms with van der Waals surface area (Å²) in [6.45, 7) is 4.10. The van der Waals surface area contributed by atoms with Gasteiger partial charge in [0, 0.05) is 13.1 Å². The van der Waals surface area contributed by atoms with Gasteiger partial charge in [-0.1, -0.05) is 30.3 Å². The molecule has 1 aliphatic rings. The molecule has 7 heteroatoms. The zero-order valence-electron chi connectivity index (χ0n) is 13.2. The number of benzene rings is 1. The summed E-state index contributed by atoms with van der Waals surface area (Å²) in [5.41, 5.74) is 6.20. The molecule has 1 aromatic rings. The second kappa shape index (κ2) is 8.50. The van der Waals surface area contributed by atoms with Gasteiger partial charge in [-0.05, 0) is 12.5 Å². The van der Waals surface area contributed by atoms with Crippen molar-refractivity contribution in [2.75, 3.05) is 26.3 Å². The number of carbonyl (C=O) groups excluding carboxylic acids is 2. The highest BCUT2D eigenvalue weighted by Gasteiger charge is 2.31. The molecular formula is C16H23N3O4. The lowest BCUT2D eigenvalue weighted by molar-refractivity contribution is -0.141. The summed E-state index contributed by atoms with van der Waals surface area (Å²) in [5, 5.41) is 2.49. The number of hydrogen-bond donors (Lipinski definition) is 2. The van der Waals surface area contributed by atoms with E-state index in [1.165, 1.54) is 0 Å². The molecular weight excluding hydrogens is 298 g/mol. The minimum Gasteiger partial charge on any atom is -0.378 e. The van der Waals surface area contributed by atoms with Crippen molar-refractivity contribution in [1.82, 2.24) is 10.2 Å². The first-order chi connectivity index (χ1) is 11.1. The molecule has 0 aliphatic carbocycles. The second-order valence-corrected chi connectivity index (χ2v) is 5.43. The van der Waals surface area contributed by atoms with Crippen molar-refractivity contribution in [3.05, 3.63) is 35.9 Å². The number of hydrogen-bond acceptors (Lipinski definition) is 4. The topological polar surface area (TPSA) is 93.9 Å². The van der Waals surface area contributed by atoms with Gasteiger partial charge in [-0.2, -0.15) is 0 Å². The number of amides is 3. The predicted octanol–water partition coefficient (Wildman–Crippen LogP) is 0.487. The number of urea groups is 1. The van der Waals surface area contributed by atoms with Crippen LogP contribution in [-0.4, -0.2) is 55.3 Å². The molecule has 0 aromatic heterocycles. The highest BCUT2D eigenvalue weighted by molar-refractivity contribution is 5.87. The predicted molar refractivity (Wildman–Crippen MR) is 84.6 cm³/mol. The largest absolute Gasteiger partial charge is 0.378 e. The van der Waals surface area contributed by atoms with E-state index in [2.05, 4.69) is 5.32 Å². The fraction of sp³-hybridized carbons (Fsp3) is 0.500. The molecule has 23 heavy (non-hydrogen) atoms. The number of nitrogens with zero attached hydrogens (tertiary/aromatic N) is 1. The Morgan fingerprint density at radius 2 is 1.96 bits per heavy atom. The van der Waals surface area contributed by atoms with Crippen LogP contribution >= 0.6 is 0 Å². The standard InChI is InChI=1S/C16H23N3O4/c1-12(23-11-13-5-3-2-4-6-13)14(18-16(17)21)15(20)19-7-9-22-10-8-19/h2-6,12,14H,7-11H2,1H3,(H3,17,18,21). The van der Waals surface area contributed by atoms with E-state index in [0.717, 1.165) is 5.56 Å². The number of carbonyl (C=O) groups is 2. The van der Waals surface area contributed by atoms with Crippen LogP contribution in [0, 0.1) is 0 Å². The first-order valence-corrected chi connectivity index (χ1v) is 7.66. The highest BCUT2D eigenvalue weighted by atomic mass is 16.5. The lowest BCUT2D eigenvalue weighted by Gasteiger charge is -2.32. The molecule has 3 amide bonds. The van der Waals surface area contributed by atoms with Crippen LogP contribution < -0.4 is 11.1 Å². The van der Waals surface area contributed by atoms with Gasteiger partial charge >= 0.3 is 6.03 Å². The average Bonchev–Trinajstić information content (AvgIpc) is 2.58. The van der Waals surface area contributed by atoms with Crippen molar-refractivity contribution in [2.45, 2.75) is 25.7 Å². The highest BCUT2D eigenvalue weighted by Crippen LogP contribution is 2.10. The molecule has 2 atom stereocenters. The summed E-state index contributed by atoms with van der Waals surface area (Å²) >= 11 is 0. The minimum absolute atomic E-state index is 0.201. The average molecular weight is 321 g/mol. The van der Waals surface area contributed by atoms with Gasteiger partial charge in [-0.25, -0.2) is 4.79 Å². The molecule has 2 unspecified atom stereocenters. The maximum absolute atomic E-state index is 12.6. The number of nitrogens with two attached hydrogens (primary N) is 1. The summed E-state index contributed by atoms with van der Waals surface area (Å²) in [4.78, 5) is 25.5. The van der Waals surface area contributed by atoms with Gasteiger partial charge in [0.15, 0.2) is 0 Å². The zero-order valence-corrected chi connectivity index (χ0v) is 13.2. The number of morpholine rings is 1. The first kappa shape index (κ1) is 17.2. The van der Waals surface area contributed by atoms with Crippen molar-refractivity contribution in [3.8, 4) is 0 Å². The number of rotatable bonds is 6. The van der Waals surface area contributed by atoms with E-state index < -0.39 is 18.2 Å². The van der Waals surface area contributed by atoms with Gasteiger partial charge < -0.3 is 25.4 Å². The molecule has 1 saturated heterocycles. The van der Waals surface area contributed by atoms with E-state index in [1.807, 2.05) is 30.3 Å². The summed E-state index contributed by atoms with van der Waals surface area (Å²) in [7, 11) is 0. The molecule has 126 valence electrons. The van der Waals surface area contributed by atoms with E-state index in [4.69, 9.17) is 15.2 Å². The van der Waals surface area contributed by atoms with Crippen molar-refractivity contribution in [1.29, 1.82) is 0 Å². The Morgan fingerprint density at radius 1 is 1.30 bits per heavy atom. The summed E-state index contributed by atoms with van der Waals surface area (Å²) < 4.78 is 11.0. The third-order valence-electron chi connectivity index (χ3n) is 3.71. The van der Waals surface area contributed by atoms with Crippen molar-refractivity contribution >= 4 is 11.9 Å². The van der Waals surface area contributed by atoms with Crippen LogP contribution in [0.3, 0.4) is 0 Å². The van der Waals surface area contributed by atoms with E-state index >= 15 is 0 Å². The van der Waals surface area contributed by atoms with E-state index in [1.54, 1.807) is 11.8 Å². The van der Waals surface area contributed by atoms with Crippen molar-refractivity contribution < 1.29 is 19.1 Å². The Labute approximate surface area is 135 Å². The van der Waals surface area contributed by atoms with E-state index in [0.29, 0.717) is 32.9 Å². The molecule has 1 aromatic carbocycles. The first-order valence-electron chi connectivity index (χ1n) is 7.66. The van der Waals surface area contributed by atoms with Crippen LogP contribution in [0.4, 0.5) is 4.79 Å². The molecule has 1 heterocycles. The Kier molecular flexibility index (Phi) is 6.37. The van der Waals surface area contributed by atoms with Gasteiger partial charge in [-0.3, -0.25) is 4.79 Å². The van der Waals surface area contributed by atoms with Gasteiger partial charge in [0.2, 0.25) is 5.91 Å². The van der Waals surface area contributed by atoms with Gasteiger partial charge in [-0.15, -0.1) is 0 Å². The van der Waals surface area contributed by atoms with Crippen LogP contribution in [0.2, 0.25) is 0 Å². The summed E-state index contributed by atoms with van der Waals surface area (Å²) in [6, 6.07) is 8.08. The zero-order chi connectivity index (χ0) is 16.7. The molecule has 0 spiro atoms. The lowest BCUT2D eigenvalue weighted by Crippen LogP contribution is -2.57. The van der Waals surface area contributed by atoms with Crippen LogP contribution in [0.25, 0.3) is 0 Å². The molecule has 0 bridgehead atoms. The Hall–Kier alpha value is -2.12. The van der Waals surface area contributed by atoms with Crippen LogP contribution in [0.1, 0.15) is 12.5 Å².